The van der Waals surface area contributed by atoms with Crippen molar-refractivity contribution in [2.75, 3.05) is 4.90 Å². The van der Waals surface area contributed by atoms with Gasteiger partial charge < -0.3 is 4.90 Å². The fourth-order valence-corrected chi connectivity index (χ4v) is 7.06. The third kappa shape index (κ3) is 3.57. The van der Waals surface area contributed by atoms with Crippen molar-refractivity contribution in [1.82, 2.24) is 0 Å². The Labute approximate surface area is 247 Å². The van der Waals surface area contributed by atoms with Crippen molar-refractivity contribution in [3.8, 4) is 11.1 Å². The van der Waals surface area contributed by atoms with Gasteiger partial charge in [-0.05, 0) is 69.1 Å². The molecule has 0 atom stereocenters. The summed E-state index contributed by atoms with van der Waals surface area (Å²) in [6.45, 7) is 0. The van der Waals surface area contributed by atoms with Gasteiger partial charge in [0.05, 0.1) is 11.1 Å². The number of rotatable bonds is 5. The largest absolute Gasteiger partial charge is 0.310 e. The molecule has 0 aliphatic heterocycles. The van der Waals surface area contributed by atoms with Crippen LogP contribution >= 0.6 is 0 Å². The van der Waals surface area contributed by atoms with E-state index in [9.17, 15) is 0 Å². The van der Waals surface area contributed by atoms with Crippen LogP contribution in [0.5, 0.6) is 0 Å². The average Bonchev–Trinajstić information content (AvgIpc) is 3.38. The molecule has 8 rings (SSSR count). The topological polar surface area (TPSA) is 3.24 Å². The fourth-order valence-electron chi connectivity index (χ4n) is 7.06. The Bertz CT molecular complexity index is 1930. The van der Waals surface area contributed by atoms with Crippen molar-refractivity contribution in [3.63, 3.8) is 0 Å². The fraction of sp³-hybridized carbons (Fsp3) is 0.0244. The highest BCUT2D eigenvalue weighted by molar-refractivity contribution is 6.09. The Morgan fingerprint density at radius 2 is 0.881 bits per heavy atom. The van der Waals surface area contributed by atoms with E-state index < -0.39 is 5.41 Å². The van der Waals surface area contributed by atoms with Gasteiger partial charge in [-0.1, -0.05) is 146 Å². The summed E-state index contributed by atoms with van der Waals surface area (Å²) in [6.07, 6.45) is 0. The molecule has 198 valence electrons. The van der Waals surface area contributed by atoms with Crippen LogP contribution in [0.1, 0.15) is 22.3 Å². The Morgan fingerprint density at radius 1 is 0.357 bits per heavy atom. The normalized spacial score (nSPS) is 13.0. The zero-order valence-corrected chi connectivity index (χ0v) is 23.2. The molecule has 0 unspecified atom stereocenters. The molecule has 1 aliphatic rings. The van der Waals surface area contributed by atoms with Gasteiger partial charge in [0.1, 0.15) is 0 Å². The van der Waals surface area contributed by atoms with Crippen LogP contribution in [0.2, 0.25) is 0 Å². The second kappa shape index (κ2) is 9.90. The molecule has 0 radical (unpaired) electrons. The lowest BCUT2D eigenvalue weighted by Gasteiger charge is -2.34. The maximum absolute atomic E-state index is 2.38. The van der Waals surface area contributed by atoms with Crippen molar-refractivity contribution >= 4 is 27.8 Å². The lowest BCUT2D eigenvalue weighted by atomic mass is 9.67. The molecule has 0 N–H and O–H groups in total. The van der Waals surface area contributed by atoms with Gasteiger partial charge in [-0.25, -0.2) is 0 Å². The van der Waals surface area contributed by atoms with E-state index in [1.54, 1.807) is 0 Å². The zero-order chi connectivity index (χ0) is 27.9. The van der Waals surface area contributed by atoms with Crippen molar-refractivity contribution in [3.05, 3.63) is 198 Å². The summed E-state index contributed by atoms with van der Waals surface area (Å²) in [7, 11) is 0. The van der Waals surface area contributed by atoms with Gasteiger partial charge in [-0.3, -0.25) is 0 Å². The van der Waals surface area contributed by atoms with E-state index in [0.29, 0.717) is 0 Å². The molecule has 0 amide bonds. The Morgan fingerprint density at radius 3 is 1.48 bits per heavy atom. The van der Waals surface area contributed by atoms with E-state index >= 15 is 0 Å². The second-order valence-electron chi connectivity index (χ2n) is 10.9. The van der Waals surface area contributed by atoms with Crippen molar-refractivity contribution in [2.45, 2.75) is 5.41 Å². The number of hydrogen-bond acceptors (Lipinski definition) is 1. The van der Waals surface area contributed by atoms with Gasteiger partial charge in [0.2, 0.25) is 0 Å². The number of hydrogen-bond donors (Lipinski definition) is 0. The lowest BCUT2D eigenvalue weighted by Crippen LogP contribution is -2.28. The summed E-state index contributed by atoms with van der Waals surface area (Å²) < 4.78 is 0. The second-order valence-corrected chi connectivity index (χ2v) is 10.9. The van der Waals surface area contributed by atoms with Gasteiger partial charge in [0, 0.05) is 16.8 Å². The van der Waals surface area contributed by atoms with Crippen LogP contribution in [0.15, 0.2) is 176 Å². The molecule has 0 heterocycles. The maximum Gasteiger partial charge on any atom is 0.0713 e. The molecule has 7 aromatic rings. The van der Waals surface area contributed by atoms with Crippen molar-refractivity contribution in [2.24, 2.45) is 0 Å². The zero-order valence-electron chi connectivity index (χ0n) is 23.2. The first-order valence-electron chi connectivity index (χ1n) is 14.5. The monoisotopic (exact) mass is 535 g/mol. The Balaban J connectivity index is 1.47. The van der Waals surface area contributed by atoms with Crippen LogP contribution < -0.4 is 4.90 Å². The molecule has 42 heavy (non-hydrogen) atoms. The third-order valence-corrected chi connectivity index (χ3v) is 8.73. The maximum atomic E-state index is 2.38. The van der Waals surface area contributed by atoms with Crippen LogP contribution in [0.25, 0.3) is 21.9 Å². The third-order valence-electron chi connectivity index (χ3n) is 8.73. The van der Waals surface area contributed by atoms with Crippen molar-refractivity contribution in [1.29, 1.82) is 0 Å². The highest BCUT2D eigenvalue weighted by atomic mass is 15.1. The highest BCUT2D eigenvalue weighted by Crippen LogP contribution is 2.58. The summed E-state index contributed by atoms with van der Waals surface area (Å²) >= 11 is 0. The first-order valence-corrected chi connectivity index (χ1v) is 14.5. The van der Waals surface area contributed by atoms with E-state index in [-0.39, 0.29) is 0 Å². The van der Waals surface area contributed by atoms with E-state index in [0.717, 1.165) is 11.4 Å². The first-order chi connectivity index (χ1) is 20.9. The van der Waals surface area contributed by atoms with Gasteiger partial charge in [0.15, 0.2) is 0 Å². The number of benzene rings is 7. The SMILES string of the molecule is c1ccc(N(c2ccccc2)c2cccc3c4c(ccc23)C(c2ccccc2)(c2ccccc2)c2ccccc2-4)cc1. The van der Waals surface area contributed by atoms with Crippen LogP contribution in [-0.4, -0.2) is 0 Å². The number of para-hydroxylation sites is 2. The van der Waals surface area contributed by atoms with Gasteiger partial charge in [-0.15, -0.1) is 0 Å². The molecular formula is C41H29N. The quantitative estimate of drug-likeness (QED) is 0.212. The summed E-state index contributed by atoms with van der Waals surface area (Å²) in [5, 5.41) is 2.50. The predicted octanol–water partition coefficient (Wildman–Crippen LogP) is 10.7. The molecule has 1 aliphatic carbocycles. The molecule has 7 aromatic carbocycles. The standard InChI is InChI=1S/C41H29N/c1-5-16-30(17-6-1)41(31-18-7-2-8-19-31)37-26-14-13-24-36(37)40-35-25-15-27-39(34(35)28-29-38(40)41)42(32-20-9-3-10-21-32)33-22-11-4-12-23-33/h1-29H. The Hall–Kier alpha value is -5.40. The smallest absolute Gasteiger partial charge is 0.0713 e. The van der Waals surface area contributed by atoms with E-state index in [1.165, 1.54) is 49.8 Å². The minimum atomic E-state index is -0.406. The number of anilines is 3. The predicted molar refractivity (Wildman–Crippen MR) is 176 cm³/mol. The number of fused-ring (bicyclic) bond motifs is 5. The summed E-state index contributed by atoms with van der Waals surface area (Å²) in [5.41, 5.74) is 10.9. The molecule has 0 saturated heterocycles. The molecule has 1 nitrogen and oxygen atoms in total. The highest BCUT2D eigenvalue weighted by Gasteiger charge is 2.46. The minimum absolute atomic E-state index is 0.406. The molecule has 0 aromatic heterocycles. The Kier molecular flexibility index (Phi) is 5.75. The summed E-state index contributed by atoms with van der Waals surface area (Å²) in [4.78, 5) is 2.37. The van der Waals surface area contributed by atoms with Crippen molar-refractivity contribution < 1.29 is 0 Å². The molecule has 0 saturated carbocycles. The summed E-state index contributed by atoms with van der Waals surface area (Å²) in [5.74, 6) is 0. The molecule has 1 heteroatoms. The van der Waals surface area contributed by atoms with Gasteiger partial charge >= 0.3 is 0 Å². The van der Waals surface area contributed by atoms with E-state index in [2.05, 4.69) is 181 Å². The van der Waals surface area contributed by atoms with Gasteiger partial charge in [-0.2, -0.15) is 0 Å². The van der Waals surface area contributed by atoms with Gasteiger partial charge in [0.25, 0.3) is 0 Å². The average molecular weight is 536 g/mol. The van der Waals surface area contributed by atoms with Crippen LogP contribution in [0.3, 0.4) is 0 Å². The molecule has 0 bridgehead atoms. The summed E-state index contributed by atoms with van der Waals surface area (Å²) in [6, 6.07) is 63.8. The molecule has 0 spiro atoms. The molecular weight excluding hydrogens is 506 g/mol. The molecule has 0 fully saturated rings. The number of nitrogens with zero attached hydrogens (tertiary/aromatic N) is 1. The minimum Gasteiger partial charge on any atom is -0.310 e. The first kappa shape index (κ1) is 24.4. The van der Waals surface area contributed by atoms with E-state index in [1.807, 2.05) is 0 Å². The van der Waals surface area contributed by atoms with Crippen LogP contribution in [0, 0.1) is 0 Å². The van der Waals surface area contributed by atoms with Crippen LogP contribution in [0.4, 0.5) is 17.1 Å². The van der Waals surface area contributed by atoms with Crippen LogP contribution in [-0.2, 0) is 5.41 Å². The van der Waals surface area contributed by atoms with E-state index in [4.69, 9.17) is 0 Å². The lowest BCUT2D eigenvalue weighted by molar-refractivity contribution is 0.769.